The van der Waals surface area contributed by atoms with E-state index in [1.54, 1.807) is 0 Å². The molecule has 0 aromatic heterocycles. The van der Waals surface area contributed by atoms with Crippen molar-refractivity contribution in [2.75, 3.05) is 0 Å². The van der Waals surface area contributed by atoms with Crippen molar-refractivity contribution < 1.29 is 5.11 Å². The van der Waals surface area contributed by atoms with Gasteiger partial charge in [-0.3, -0.25) is 0 Å². The maximum atomic E-state index is 10.0. The Bertz CT molecular complexity index is 181. The number of rotatable bonds is 0. The Balaban J connectivity index is 2.33. The zero-order valence-electron chi connectivity index (χ0n) is 7.72. The third-order valence-corrected chi connectivity index (χ3v) is 4.16. The van der Waals surface area contributed by atoms with Gasteiger partial charge in [0.05, 0.1) is 5.60 Å². The second kappa shape index (κ2) is 1.82. The van der Waals surface area contributed by atoms with Crippen LogP contribution in [0, 0.1) is 17.3 Å². The smallest absolute Gasteiger partial charge is 0.0655 e. The predicted octanol–water partition coefficient (Wildman–Crippen LogP) is 2.19. The lowest BCUT2D eigenvalue weighted by molar-refractivity contribution is -0.00792. The maximum Gasteiger partial charge on any atom is 0.0655 e. The van der Waals surface area contributed by atoms with Gasteiger partial charge in [0, 0.05) is 0 Å². The molecule has 11 heavy (non-hydrogen) atoms. The molecular weight excluding hydrogens is 136 g/mol. The van der Waals surface area contributed by atoms with Gasteiger partial charge in [0.15, 0.2) is 0 Å². The molecule has 2 fully saturated rings. The summed E-state index contributed by atoms with van der Waals surface area (Å²) >= 11 is 0. The van der Waals surface area contributed by atoms with Crippen molar-refractivity contribution in [3.8, 4) is 0 Å². The molecule has 2 rings (SSSR count). The van der Waals surface area contributed by atoms with Crippen molar-refractivity contribution in [2.45, 2.75) is 45.6 Å². The average Bonchev–Trinajstić information content (AvgIpc) is 2.15. The fourth-order valence-electron chi connectivity index (χ4n) is 3.51. The van der Waals surface area contributed by atoms with E-state index in [2.05, 4.69) is 13.8 Å². The van der Waals surface area contributed by atoms with Crippen LogP contribution in [0.4, 0.5) is 0 Å². The fourth-order valence-corrected chi connectivity index (χ4v) is 3.51. The largest absolute Gasteiger partial charge is 0.390 e. The quantitative estimate of drug-likeness (QED) is 0.567. The highest BCUT2D eigenvalue weighted by Gasteiger charge is 2.58. The Morgan fingerprint density at radius 2 is 1.82 bits per heavy atom. The molecule has 0 aromatic carbocycles. The topological polar surface area (TPSA) is 20.2 Å². The summed E-state index contributed by atoms with van der Waals surface area (Å²) in [6, 6.07) is 0. The van der Waals surface area contributed by atoms with Crippen molar-refractivity contribution in [2.24, 2.45) is 17.3 Å². The Hall–Kier alpha value is -0.0400. The van der Waals surface area contributed by atoms with Crippen LogP contribution in [0.2, 0.25) is 0 Å². The minimum Gasteiger partial charge on any atom is -0.390 e. The predicted molar refractivity (Wildman–Crippen MR) is 45.2 cm³/mol. The Kier molecular flexibility index (Phi) is 1.26. The molecule has 0 radical (unpaired) electrons. The molecule has 0 heterocycles. The van der Waals surface area contributed by atoms with Crippen molar-refractivity contribution in [3.05, 3.63) is 0 Å². The highest BCUT2D eigenvalue weighted by Crippen LogP contribution is 2.61. The van der Waals surface area contributed by atoms with E-state index in [4.69, 9.17) is 0 Å². The van der Waals surface area contributed by atoms with Gasteiger partial charge in [-0.2, -0.15) is 0 Å². The zero-order valence-corrected chi connectivity index (χ0v) is 7.72. The third kappa shape index (κ3) is 0.807. The van der Waals surface area contributed by atoms with E-state index in [0.29, 0.717) is 11.3 Å². The van der Waals surface area contributed by atoms with Gasteiger partial charge in [-0.15, -0.1) is 0 Å². The van der Waals surface area contributed by atoms with Crippen LogP contribution in [0.15, 0.2) is 0 Å². The first-order chi connectivity index (χ1) is 4.94. The van der Waals surface area contributed by atoms with E-state index in [0.717, 1.165) is 12.3 Å². The summed E-state index contributed by atoms with van der Waals surface area (Å²) in [5.41, 5.74) is 0.0515. The van der Waals surface area contributed by atoms with Crippen LogP contribution in [0.1, 0.15) is 40.0 Å². The van der Waals surface area contributed by atoms with E-state index in [1.165, 1.54) is 12.8 Å². The molecule has 64 valence electrons. The molecule has 1 N–H and O–H groups in total. The Morgan fingerprint density at radius 1 is 1.18 bits per heavy atom. The molecule has 0 spiro atoms. The number of aliphatic hydroxyl groups is 1. The number of hydrogen-bond acceptors (Lipinski definition) is 1. The highest BCUT2D eigenvalue weighted by molar-refractivity contribution is 5.08. The Morgan fingerprint density at radius 3 is 2.00 bits per heavy atom. The van der Waals surface area contributed by atoms with Crippen molar-refractivity contribution in [1.29, 1.82) is 0 Å². The van der Waals surface area contributed by atoms with Gasteiger partial charge in [-0.05, 0) is 43.4 Å². The summed E-state index contributed by atoms with van der Waals surface area (Å²) in [4.78, 5) is 0. The summed E-state index contributed by atoms with van der Waals surface area (Å²) in [6.07, 6.45) is 3.61. The number of fused-ring (bicyclic) bond motifs is 2. The Labute approximate surface area is 68.8 Å². The van der Waals surface area contributed by atoms with Crippen LogP contribution in [-0.2, 0) is 0 Å². The van der Waals surface area contributed by atoms with Gasteiger partial charge in [0.25, 0.3) is 0 Å². The van der Waals surface area contributed by atoms with Gasteiger partial charge in [-0.1, -0.05) is 13.8 Å². The van der Waals surface area contributed by atoms with Crippen LogP contribution >= 0.6 is 0 Å². The summed E-state index contributed by atoms with van der Waals surface area (Å²) in [7, 11) is 0. The lowest BCUT2D eigenvalue weighted by Crippen LogP contribution is -2.33. The molecule has 2 unspecified atom stereocenters. The van der Waals surface area contributed by atoms with Gasteiger partial charge < -0.3 is 5.11 Å². The van der Waals surface area contributed by atoms with Crippen molar-refractivity contribution >= 4 is 0 Å². The molecular formula is C10H18O. The van der Waals surface area contributed by atoms with Crippen LogP contribution in [-0.4, -0.2) is 10.7 Å². The lowest BCUT2D eigenvalue weighted by Gasteiger charge is -2.31. The van der Waals surface area contributed by atoms with Gasteiger partial charge in [-0.25, -0.2) is 0 Å². The van der Waals surface area contributed by atoms with Crippen LogP contribution < -0.4 is 0 Å². The fraction of sp³-hybridized carbons (Fsp3) is 1.00. The molecule has 1 nitrogen and oxygen atoms in total. The molecule has 2 saturated carbocycles. The summed E-state index contributed by atoms with van der Waals surface area (Å²) in [5, 5.41) is 10.0. The first-order valence-corrected chi connectivity index (χ1v) is 4.67. The molecule has 2 aliphatic rings. The van der Waals surface area contributed by atoms with E-state index >= 15 is 0 Å². The molecule has 3 atom stereocenters. The minimum atomic E-state index is -0.355. The molecule has 2 bridgehead atoms. The molecule has 0 saturated heterocycles. The summed E-state index contributed by atoms with van der Waals surface area (Å²) in [5.74, 6) is 1.34. The van der Waals surface area contributed by atoms with E-state index < -0.39 is 0 Å². The minimum absolute atomic E-state index is 0.355. The van der Waals surface area contributed by atoms with Crippen LogP contribution in [0.3, 0.4) is 0 Å². The second-order valence-corrected chi connectivity index (χ2v) is 5.21. The first kappa shape index (κ1) is 7.60. The standard InChI is InChI=1S/C10H18O/c1-9(2)7-4-5-8(9)10(3,11)6-7/h7-8,11H,4-6H2,1-3H3/t7?,8?,10-/m1/s1. The second-order valence-electron chi connectivity index (χ2n) is 5.21. The molecule has 0 aliphatic heterocycles. The monoisotopic (exact) mass is 154 g/mol. The van der Waals surface area contributed by atoms with E-state index in [9.17, 15) is 5.11 Å². The summed E-state index contributed by atoms with van der Waals surface area (Å²) in [6.45, 7) is 6.65. The molecule has 0 aromatic rings. The van der Waals surface area contributed by atoms with Crippen LogP contribution in [0.5, 0.6) is 0 Å². The molecule has 0 amide bonds. The molecule has 1 heteroatoms. The maximum absolute atomic E-state index is 10.0. The average molecular weight is 154 g/mol. The SMILES string of the molecule is CC1(C)C2CCC1[C@](C)(O)C2. The van der Waals surface area contributed by atoms with Gasteiger partial charge in [0.2, 0.25) is 0 Å². The highest BCUT2D eigenvalue weighted by atomic mass is 16.3. The third-order valence-electron chi connectivity index (χ3n) is 4.16. The van der Waals surface area contributed by atoms with Gasteiger partial charge in [0.1, 0.15) is 0 Å². The zero-order chi connectivity index (χ0) is 8.28. The molecule has 2 aliphatic carbocycles. The number of hydrogen-bond donors (Lipinski definition) is 1. The lowest BCUT2D eigenvalue weighted by atomic mass is 9.79. The normalized spacial score (nSPS) is 53.5. The first-order valence-electron chi connectivity index (χ1n) is 4.67. The van der Waals surface area contributed by atoms with Gasteiger partial charge >= 0.3 is 0 Å². The van der Waals surface area contributed by atoms with Crippen molar-refractivity contribution in [1.82, 2.24) is 0 Å². The van der Waals surface area contributed by atoms with E-state index in [-0.39, 0.29) is 5.60 Å². The van der Waals surface area contributed by atoms with E-state index in [1.807, 2.05) is 6.92 Å². The van der Waals surface area contributed by atoms with Crippen molar-refractivity contribution in [3.63, 3.8) is 0 Å². The van der Waals surface area contributed by atoms with Crippen LogP contribution in [0.25, 0.3) is 0 Å². The summed E-state index contributed by atoms with van der Waals surface area (Å²) < 4.78 is 0.